The van der Waals surface area contributed by atoms with E-state index in [1.807, 2.05) is 0 Å². The van der Waals surface area contributed by atoms with Gasteiger partial charge in [0, 0.05) is 30.3 Å². The summed E-state index contributed by atoms with van der Waals surface area (Å²) in [5.41, 5.74) is 2.67. The highest BCUT2D eigenvalue weighted by Crippen LogP contribution is 2.16. The van der Waals surface area contributed by atoms with Gasteiger partial charge in [0.2, 0.25) is 5.91 Å². The van der Waals surface area contributed by atoms with Gasteiger partial charge in [0.1, 0.15) is 5.76 Å². The molecule has 8 nitrogen and oxygen atoms in total. The standard InChI is InChI=1S/C18H21N3O5/c1-11-16(12(2)26-21-11)7-8-18(24)25-10-17(23)20-15-6-4-5-14(9-15)19-13(3)22/h4-6,9H,7-8,10H2,1-3H3,(H,19,22)(H,20,23). The van der Waals surface area contributed by atoms with Crippen molar-refractivity contribution in [2.75, 3.05) is 17.2 Å². The van der Waals surface area contributed by atoms with Gasteiger partial charge in [0.15, 0.2) is 6.61 Å². The Bertz CT molecular complexity index is 793. The molecule has 0 aliphatic carbocycles. The molecule has 0 spiro atoms. The van der Waals surface area contributed by atoms with Crippen molar-refractivity contribution >= 4 is 29.2 Å². The number of anilines is 2. The first kappa shape index (κ1) is 19.2. The van der Waals surface area contributed by atoms with Gasteiger partial charge >= 0.3 is 5.97 Å². The molecule has 8 heteroatoms. The van der Waals surface area contributed by atoms with Crippen LogP contribution in [0.5, 0.6) is 0 Å². The van der Waals surface area contributed by atoms with E-state index in [0.717, 1.165) is 11.3 Å². The second-order valence-electron chi connectivity index (χ2n) is 5.77. The number of rotatable bonds is 7. The Balaban J connectivity index is 1.77. The van der Waals surface area contributed by atoms with Crippen molar-refractivity contribution in [3.05, 3.63) is 41.3 Å². The summed E-state index contributed by atoms with van der Waals surface area (Å²) < 4.78 is 10.0. The van der Waals surface area contributed by atoms with Crippen LogP contribution in [0, 0.1) is 13.8 Å². The smallest absolute Gasteiger partial charge is 0.306 e. The quantitative estimate of drug-likeness (QED) is 0.734. The number of carbonyl (C=O) groups excluding carboxylic acids is 3. The molecule has 2 amide bonds. The van der Waals surface area contributed by atoms with Crippen LogP contribution in [0.1, 0.15) is 30.4 Å². The summed E-state index contributed by atoms with van der Waals surface area (Å²) in [7, 11) is 0. The predicted octanol–water partition coefficient (Wildman–Crippen LogP) is 2.36. The van der Waals surface area contributed by atoms with E-state index in [1.165, 1.54) is 6.92 Å². The molecule has 0 atom stereocenters. The van der Waals surface area contributed by atoms with Crippen molar-refractivity contribution < 1.29 is 23.6 Å². The molecule has 138 valence electrons. The molecule has 0 radical (unpaired) electrons. The SMILES string of the molecule is CC(=O)Nc1cccc(NC(=O)COC(=O)CCc2c(C)noc2C)c1. The molecule has 1 heterocycles. The zero-order chi connectivity index (χ0) is 19.1. The maximum Gasteiger partial charge on any atom is 0.306 e. The van der Waals surface area contributed by atoms with Gasteiger partial charge in [0.05, 0.1) is 5.69 Å². The van der Waals surface area contributed by atoms with Gasteiger partial charge < -0.3 is 19.9 Å². The Morgan fingerprint density at radius 2 is 1.85 bits per heavy atom. The van der Waals surface area contributed by atoms with Crippen LogP contribution in [0.25, 0.3) is 0 Å². The molecule has 2 N–H and O–H groups in total. The van der Waals surface area contributed by atoms with E-state index in [2.05, 4.69) is 15.8 Å². The number of nitrogens with one attached hydrogen (secondary N) is 2. The highest BCUT2D eigenvalue weighted by atomic mass is 16.5. The Morgan fingerprint density at radius 3 is 2.46 bits per heavy atom. The number of ether oxygens (including phenoxy) is 1. The first-order valence-corrected chi connectivity index (χ1v) is 8.10. The van der Waals surface area contributed by atoms with Crippen molar-refractivity contribution in [3.8, 4) is 0 Å². The van der Waals surface area contributed by atoms with Gasteiger partial charge in [-0.3, -0.25) is 14.4 Å². The minimum atomic E-state index is -0.479. The number of carbonyl (C=O) groups is 3. The number of nitrogens with zero attached hydrogens (tertiary/aromatic N) is 1. The highest BCUT2D eigenvalue weighted by molar-refractivity contribution is 5.94. The molecule has 1 aromatic heterocycles. The molecule has 0 aliphatic heterocycles. The van der Waals surface area contributed by atoms with Crippen molar-refractivity contribution in [1.29, 1.82) is 0 Å². The monoisotopic (exact) mass is 359 g/mol. The molecular weight excluding hydrogens is 338 g/mol. The van der Waals surface area contributed by atoms with E-state index in [-0.39, 0.29) is 18.9 Å². The molecular formula is C18H21N3O5. The third kappa shape index (κ3) is 5.73. The Labute approximate surface area is 150 Å². The third-order valence-electron chi connectivity index (χ3n) is 3.59. The van der Waals surface area contributed by atoms with Gasteiger partial charge in [0.25, 0.3) is 5.91 Å². The molecule has 2 rings (SSSR count). The number of hydrogen-bond acceptors (Lipinski definition) is 6. The number of aromatic nitrogens is 1. The highest BCUT2D eigenvalue weighted by Gasteiger charge is 2.13. The fourth-order valence-corrected chi connectivity index (χ4v) is 2.38. The lowest BCUT2D eigenvalue weighted by Gasteiger charge is -2.08. The topological polar surface area (TPSA) is 111 Å². The molecule has 1 aromatic carbocycles. The van der Waals surface area contributed by atoms with Gasteiger partial charge in [-0.25, -0.2) is 0 Å². The van der Waals surface area contributed by atoms with Crippen molar-refractivity contribution in [1.82, 2.24) is 5.16 Å². The number of esters is 1. The summed E-state index contributed by atoms with van der Waals surface area (Å²) in [6, 6.07) is 6.67. The number of hydrogen-bond donors (Lipinski definition) is 2. The molecule has 0 saturated carbocycles. The minimum absolute atomic E-state index is 0.133. The molecule has 0 saturated heterocycles. The van der Waals surface area contributed by atoms with Crippen LogP contribution in [0.4, 0.5) is 11.4 Å². The van der Waals surface area contributed by atoms with Crippen molar-refractivity contribution in [2.24, 2.45) is 0 Å². The lowest BCUT2D eigenvalue weighted by molar-refractivity contribution is -0.147. The summed E-state index contributed by atoms with van der Waals surface area (Å²) >= 11 is 0. The van der Waals surface area contributed by atoms with Gasteiger partial charge in [-0.2, -0.15) is 0 Å². The average Bonchev–Trinajstić information content (AvgIpc) is 2.89. The zero-order valence-corrected chi connectivity index (χ0v) is 14.9. The second kappa shape index (κ2) is 8.80. The summed E-state index contributed by atoms with van der Waals surface area (Å²) in [5.74, 6) is -0.476. The van der Waals surface area contributed by atoms with Crippen LogP contribution in [0.3, 0.4) is 0 Å². The second-order valence-corrected chi connectivity index (χ2v) is 5.77. The van der Waals surface area contributed by atoms with E-state index in [4.69, 9.17) is 9.26 Å². The number of benzene rings is 1. The Hall–Kier alpha value is -3.16. The van der Waals surface area contributed by atoms with E-state index in [0.29, 0.717) is 23.6 Å². The Morgan fingerprint density at radius 1 is 1.15 bits per heavy atom. The maximum absolute atomic E-state index is 11.9. The van der Waals surface area contributed by atoms with Crippen LogP contribution in [-0.2, 0) is 25.5 Å². The van der Waals surface area contributed by atoms with E-state index < -0.39 is 11.9 Å². The normalized spacial score (nSPS) is 10.3. The first-order chi connectivity index (χ1) is 12.3. The maximum atomic E-state index is 11.9. The third-order valence-corrected chi connectivity index (χ3v) is 3.59. The van der Waals surface area contributed by atoms with Crippen LogP contribution in [0.2, 0.25) is 0 Å². The molecule has 26 heavy (non-hydrogen) atoms. The van der Waals surface area contributed by atoms with E-state index >= 15 is 0 Å². The average molecular weight is 359 g/mol. The van der Waals surface area contributed by atoms with Crippen LogP contribution in [0.15, 0.2) is 28.8 Å². The van der Waals surface area contributed by atoms with E-state index in [9.17, 15) is 14.4 Å². The van der Waals surface area contributed by atoms with Gasteiger partial charge in [-0.1, -0.05) is 11.2 Å². The van der Waals surface area contributed by atoms with E-state index in [1.54, 1.807) is 38.1 Å². The molecule has 0 unspecified atom stereocenters. The molecule has 0 fully saturated rings. The van der Waals surface area contributed by atoms with Gasteiger partial charge in [-0.05, 0) is 38.5 Å². The fourth-order valence-electron chi connectivity index (χ4n) is 2.38. The zero-order valence-electron chi connectivity index (χ0n) is 14.9. The summed E-state index contributed by atoms with van der Waals surface area (Å²) in [6.45, 7) is 4.60. The summed E-state index contributed by atoms with van der Waals surface area (Å²) in [5, 5.41) is 9.05. The predicted molar refractivity (Wildman–Crippen MR) is 94.6 cm³/mol. The summed E-state index contributed by atoms with van der Waals surface area (Å²) in [6.07, 6.45) is 0.578. The van der Waals surface area contributed by atoms with Crippen LogP contribution in [-0.4, -0.2) is 29.5 Å². The van der Waals surface area contributed by atoms with Crippen molar-refractivity contribution in [2.45, 2.75) is 33.6 Å². The molecule has 0 bridgehead atoms. The number of amides is 2. The van der Waals surface area contributed by atoms with Crippen molar-refractivity contribution in [3.63, 3.8) is 0 Å². The minimum Gasteiger partial charge on any atom is -0.456 e. The lowest BCUT2D eigenvalue weighted by Crippen LogP contribution is -2.21. The molecule has 0 aliphatic rings. The van der Waals surface area contributed by atoms with Gasteiger partial charge in [-0.15, -0.1) is 0 Å². The van der Waals surface area contributed by atoms with Crippen LogP contribution < -0.4 is 10.6 Å². The fraction of sp³-hybridized carbons (Fsp3) is 0.333. The number of aryl methyl sites for hydroxylation is 2. The molecule has 2 aromatic rings. The Kier molecular flexibility index (Phi) is 6.48. The van der Waals surface area contributed by atoms with Crippen LogP contribution >= 0.6 is 0 Å². The summed E-state index contributed by atoms with van der Waals surface area (Å²) in [4.78, 5) is 34.7. The largest absolute Gasteiger partial charge is 0.456 e. The first-order valence-electron chi connectivity index (χ1n) is 8.10. The lowest BCUT2D eigenvalue weighted by atomic mass is 10.1.